The highest BCUT2D eigenvalue weighted by Crippen LogP contribution is 1.95. The Balaban J connectivity index is 2.42. The first kappa shape index (κ1) is 11.2. The number of aryl methyl sites for hydroxylation is 1. The lowest BCUT2D eigenvalue weighted by molar-refractivity contribution is -0.733. The molecule has 0 aliphatic heterocycles. The van der Waals surface area contributed by atoms with Gasteiger partial charge in [0.25, 0.3) is 6.73 Å². The van der Waals surface area contributed by atoms with Crippen LogP contribution >= 0.6 is 0 Å². The first-order valence-corrected chi connectivity index (χ1v) is 5.28. The fraction of sp³-hybridized carbons (Fsp3) is 0.583. The average molecular weight is 194 g/mol. The number of pyridine rings is 1. The zero-order valence-electron chi connectivity index (χ0n) is 9.36. The molecule has 0 radical (unpaired) electrons. The van der Waals surface area contributed by atoms with Gasteiger partial charge in [-0.25, -0.2) is 0 Å². The van der Waals surface area contributed by atoms with Crippen molar-refractivity contribution in [1.82, 2.24) is 0 Å². The molecule has 78 valence electrons. The van der Waals surface area contributed by atoms with Crippen LogP contribution in [0.4, 0.5) is 0 Å². The van der Waals surface area contributed by atoms with Crippen LogP contribution in [0.1, 0.15) is 26.3 Å². The highest BCUT2D eigenvalue weighted by molar-refractivity contribution is 5.04. The van der Waals surface area contributed by atoms with Crippen LogP contribution in [0.5, 0.6) is 0 Å². The predicted molar refractivity (Wildman–Crippen MR) is 56.8 cm³/mol. The maximum absolute atomic E-state index is 5.54. The maximum atomic E-state index is 5.54. The van der Waals surface area contributed by atoms with Crippen molar-refractivity contribution in [2.24, 2.45) is 5.92 Å². The van der Waals surface area contributed by atoms with Crippen molar-refractivity contribution in [3.8, 4) is 0 Å². The molecular formula is C12H20NO+. The molecular weight excluding hydrogens is 174 g/mol. The Bertz CT molecular complexity index is 271. The standard InChI is InChI=1S/C12H20NO/c1-4-12-6-5-7-13(8-12)10-14-9-11(2)3/h5-8,11H,4,9-10H2,1-3H3/q+1. The van der Waals surface area contributed by atoms with Crippen LogP contribution in [0.3, 0.4) is 0 Å². The Morgan fingerprint density at radius 1 is 1.43 bits per heavy atom. The van der Waals surface area contributed by atoms with Gasteiger partial charge < -0.3 is 4.74 Å². The van der Waals surface area contributed by atoms with Crippen LogP contribution in [-0.2, 0) is 17.9 Å². The van der Waals surface area contributed by atoms with Crippen molar-refractivity contribution < 1.29 is 9.30 Å². The van der Waals surface area contributed by atoms with E-state index < -0.39 is 0 Å². The van der Waals surface area contributed by atoms with Crippen LogP contribution in [0.15, 0.2) is 24.5 Å². The number of hydrogen-bond donors (Lipinski definition) is 0. The third-order valence-electron chi connectivity index (χ3n) is 2.02. The van der Waals surface area contributed by atoms with Crippen molar-refractivity contribution in [3.63, 3.8) is 0 Å². The molecule has 0 atom stereocenters. The van der Waals surface area contributed by atoms with Gasteiger partial charge in [-0.2, -0.15) is 4.57 Å². The largest absolute Gasteiger partial charge is 0.323 e. The molecule has 2 heteroatoms. The minimum atomic E-state index is 0.602. The van der Waals surface area contributed by atoms with Crippen LogP contribution in [0, 0.1) is 5.92 Å². The highest BCUT2D eigenvalue weighted by atomic mass is 16.5. The molecule has 1 aromatic rings. The summed E-state index contributed by atoms with van der Waals surface area (Å²) < 4.78 is 7.63. The molecule has 2 nitrogen and oxygen atoms in total. The SMILES string of the molecule is CCc1ccc[n+](COCC(C)C)c1. The normalized spacial score (nSPS) is 10.9. The summed E-state index contributed by atoms with van der Waals surface area (Å²) in [5.74, 6) is 0.602. The monoisotopic (exact) mass is 194 g/mol. The van der Waals surface area contributed by atoms with E-state index in [9.17, 15) is 0 Å². The Morgan fingerprint density at radius 3 is 2.86 bits per heavy atom. The first-order chi connectivity index (χ1) is 6.72. The van der Waals surface area contributed by atoms with Gasteiger partial charge in [0.05, 0.1) is 6.61 Å². The summed E-state index contributed by atoms with van der Waals surface area (Å²) in [4.78, 5) is 0. The number of hydrogen-bond acceptors (Lipinski definition) is 1. The third kappa shape index (κ3) is 3.88. The van der Waals surface area contributed by atoms with Crippen molar-refractivity contribution in [2.75, 3.05) is 6.61 Å². The van der Waals surface area contributed by atoms with Crippen molar-refractivity contribution in [2.45, 2.75) is 33.9 Å². The molecule has 1 aromatic heterocycles. The molecule has 0 spiro atoms. The molecule has 0 aromatic carbocycles. The van der Waals surface area contributed by atoms with Gasteiger partial charge in [0, 0.05) is 11.6 Å². The van der Waals surface area contributed by atoms with E-state index in [-0.39, 0.29) is 0 Å². The summed E-state index contributed by atoms with van der Waals surface area (Å²) in [6.45, 7) is 7.96. The molecule has 0 fully saturated rings. The molecule has 0 saturated heterocycles. The molecule has 0 amide bonds. The summed E-state index contributed by atoms with van der Waals surface area (Å²) in [6, 6.07) is 4.20. The Morgan fingerprint density at radius 2 is 2.21 bits per heavy atom. The first-order valence-electron chi connectivity index (χ1n) is 5.28. The summed E-state index contributed by atoms with van der Waals surface area (Å²) in [5.41, 5.74) is 1.35. The van der Waals surface area contributed by atoms with Gasteiger partial charge in [-0.3, -0.25) is 0 Å². The number of aromatic nitrogens is 1. The number of nitrogens with zero attached hydrogens (tertiary/aromatic N) is 1. The third-order valence-corrected chi connectivity index (χ3v) is 2.02. The van der Waals surface area contributed by atoms with Gasteiger partial charge in [0.2, 0.25) is 0 Å². The van der Waals surface area contributed by atoms with Gasteiger partial charge in [0.1, 0.15) is 0 Å². The zero-order valence-corrected chi connectivity index (χ0v) is 9.36. The van der Waals surface area contributed by atoms with Crippen LogP contribution in [0.25, 0.3) is 0 Å². The zero-order chi connectivity index (χ0) is 10.4. The van der Waals surface area contributed by atoms with E-state index in [0.29, 0.717) is 12.6 Å². The minimum absolute atomic E-state index is 0.602. The predicted octanol–water partition coefficient (Wildman–Crippen LogP) is 2.17. The Kier molecular flexibility index (Phi) is 4.60. The molecule has 0 aliphatic carbocycles. The van der Waals surface area contributed by atoms with E-state index >= 15 is 0 Å². The van der Waals surface area contributed by atoms with Crippen molar-refractivity contribution in [1.29, 1.82) is 0 Å². The van der Waals surface area contributed by atoms with E-state index in [2.05, 4.69) is 43.7 Å². The van der Waals surface area contributed by atoms with Gasteiger partial charge in [-0.15, -0.1) is 0 Å². The number of ether oxygens (including phenoxy) is 1. The molecule has 0 saturated carbocycles. The van der Waals surface area contributed by atoms with Crippen LogP contribution in [-0.4, -0.2) is 6.61 Å². The summed E-state index contributed by atoms with van der Waals surface area (Å²) in [7, 11) is 0. The van der Waals surface area contributed by atoms with Gasteiger partial charge >= 0.3 is 0 Å². The lowest BCUT2D eigenvalue weighted by Crippen LogP contribution is -2.35. The second-order valence-electron chi connectivity index (χ2n) is 3.97. The van der Waals surface area contributed by atoms with E-state index in [4.69, 9.17) is 4.74 Å². The van der Waals surface area contributed by atoms with Crippen LogP contribution < -0.4 is 4.57 Å². The van der Waals surface area contributed by atoms with E-state index in [1.54, 1.807) is 0 Å². The average Bonchev–Trinajstić information content (AvgIpc) is 2.18. The summed E-state index contributed by atoms with van der Waals surface area (Å²) in [5, 5.41) is 0. The molecule has 0 bridgehead atoms. The quantitative estimate of drug-likeness (QED) is 0.655. The summed E-state index contributed by atoms with van der Waals surface area (Å²) in [6.07, 6.45) is 5.25. The van der Waals surface area contributed by atoms with E-state index in [0.717, 1.165) is 13.0 Å². The van der Waals surface area contributed by atoms with Crippen LogP contribution in [0.2, 0.25) is 0 Å². The smallest absolute Gasteiger partial charge is 0.252 e. The van der Waals surface area contributed by atoms with Gasteiger partial charge in [-0.1, -0.05) is 20.8 Å². The molecule has 0 N–H and O–H groups in total. The second-order valence-corrected chi connectivity index (χ2v) is 3.97. The number of rotatable bonds is 5. The Labute approximate surface area is 86.5 Å². The Hall–Kier alpha value is -0.890. The fourth-order valence-electron chi connectivity index (χ4n) is 1.26. The van der Waals surface area contributed by atoms with Crippen molar-refractivity contribution >= 4 is 0 Å². The molecule has 1 heterocycles. The second kappa shape index (κ2) is 5.76. The van der Waals surface area contributed by atoms with Gasteiger partial charge in [-0.05, 0) is 18.4 Å². The molecule has 14 heavy (non-hydrogen) atoms. The van der Waals surface area contributed by atoms with E-state index in [1.807, 2.05) is 6.20 Å². The minimum Gasteiger partial charge on any atom is -0.323 e. The fourth-order valence-corrected chi connectivity index (χ4v) is 1.26. The topological polar surface area (TPSA) is 13.1 Å². The lowest BCUT2D eigenvalue weighted by Gasteiger charge is -2.03. The van der Waals surface area contributed by atoms with Crippen molar-refractivity contribution in [3.05, 3.63) is 30.1 Å². The van der Waals surface area contributed by atoms with E-state index in [1.165, 1.54) is 5.56 Å². The molecule has 0 aliphatic rings. The lowest BCUT2D eigenvalue weighted by atomic mass is 10.2. The molecule has 1 rings (SSSR count). The summed E-state index contributed by atoms with van der Waals surface area (Å²) >= 11 is 0. The van der Waals surface area contributed by atoms with Gasteiger partial charge in [0.15, 0.2) is 12.4 Å². The maximum Gasteiger partial charge on any atom is 0.252 e. The highest BCUT2D eigenvalue weighted by Gasteiger charge is 2.01. The molecule has 0 unspecified atom stereocenters.